The maximum atomic E-state index is 13.0. The number of hydrogen-bond acceptors (Lipinski definition) is 5. The zero-order valence-electron chi connectivity index (χ0n) is 17.2. The Hall–Kier alpha value is -3.69. The van der Waals surface area contributed by atoms with Crippen LogP contribution in [0.2, 0.25) is 0 Å². The first kappa shape index (κ1) is 21.5. The largest absolute Gasteiger partial charge is 0.497 e. The third-order valence-corrected chi connectivity index (χ3v) is 6.81. The molecule has 1 atom stereocenters. The van der Waals surface area contributed by atoms with Crippen LogP contribution >= 0.6 is 0 Å². The van der Waals surface area contributed by atoms with Gasteiger partial charge in [-0.25, -0.2) is 13.1 Å². The number of rotatable bonds is 8. The van der Waals surface area contributed by atoms with Crippen molar-refractivity contribution in [2.24, 2.45) is 0 Å². The second-order valence-electron chi connectivity index (χ2n) is 7.19. The number of aromatic nitrogens is 1. The number of hydrogen-bond donors (Lipinski definition) is 2. The van der Waals surface area contributed by atoms with Crippen molar-refractivity contribution < 1.29 is 18.1 Å². The summed E-state index contributed by atoms with van der Waals surface area (Å²) in [5, 5.41) is 12.3. The Morgan fingerprint density at radius 3 is 2.44 bits per heavy atom. The highest BCUT2D eigenvalue weighted by Gasteiger charge is 2.27. The fourth-order valence-corrected chi connectivity index (χ4v) is 4.95. The number of aromatic amines is 1. The van der Waals surface area contributed by atoms with E-state index >= 15 is 0 Å². The molecule has 9 heteroatoms. The molecule has 0 aliphatic rings. The number of H-pyrrole nitrogens is 1. The lowest BCUT2D eigenvalue weighted by Gasteiger charge is -2.19. The number of benzene rings is 3. The summed E-state index contributed by atoms with van der Waals surface area (Å²) in [6.07, 6.45) is 1.86. The highest BCUT2D eigenvalue weighted by Crippen LogP contribution is 2.32. The van der Waals surface area contributed by atoms with Gasteiger partial charge in [-0.2, -0.15) is 0 Å². The van der Waals surface area contributed by atoms with Gasteiger partial charge in [0.05, 0.1) is 12.0 Å². The topological polar surface area (TPSA) is 114 Å². The van der Waals surface area contributed by atoms with Crippen molar-refractivity contribution in [2.45, 2.75) is 10.8 Å². The Balaban J connectivity index is 1.72. The predicted molar refractivity (Wildman–Crippen MR) is 121 cm³/mol. The fraction of sp³-hybridized carbons (Fsp3) is 0.130. The molecule has 0 bridgehead atoms. The molecule has 0 radical (unpaired) electrons. The quantitative estimate of drug-likeness (QED) is 0.308. The van der Waals surface area contributed by atoms with Gasteiger partial charge in [0, 0.05) is 35.6 Å². The Morgan fingerprint density at radius 1 is 1.03 bits per heavy atom. The summed E-state index contributed by atoms with van der Waals surface area (Å²) < 4.78 is 33.8. The van der Waals surface area contributed by atoms with Crippen molar-refractivity contribution >= 4 is 26.6 Å². The first-order valence-corrected chi connectivity index (χ1v) is 11.3. The van der Waals surface area contributed by atoms with Crippen molar-refractivity contribution in [1.29, 1.82) is 0 Å². The van der Waals surface area contributed by atoms with Crippen molar-refractivity contribution in [3.63, 3.8) is 0 Å². The third kappa shape index (κ3) is 4.20. The minimum absolute atomic E-state index is 0.0164. The van der Waals surface area contributed by atoms with E-state index in [9.17, 15) is 18.5 Å². The number of ether oxygens (including phenoxy) is 1. The van der Waals surface area contributed by atoms with E-state index in [1.165, 1.54) is 24.3 Å². The van der Waals surface area contributed by atoms with Crippen LogP contribution in [0.4, 0.5) is 5.69 Å². The minimum Gasteiger partial charge on any atom is -0.497 e. The molecule has 3 aromatic carbocycles. The highest BCUT2D eigenvalue weighted by molar-refractivity contribution is 7.89. The molecule has 4 aromatic rings. The fourth-order valence-electron chi connectivity index (χ4n) is 3.73. The van der Waals surface area contributed by atoms with Crippen LogP contribution in [0.1, 0.15) is 17.0 Å². The molecule has 8 nitrogen and oxygen atoms in total. The number of methoxy groups -OCH3 is 1. The zero-order chi connectivity index (χ0) is 22.7. The van der Waals surface area contributed by atoms with Crippen LogP contribution in [0.25, 0.3) is 10.9 Å². The van der Waals surface area contributed by atoms with Gasteiger partial charge in [-0.05, 0) is 35.4 Å². The molecule has 1 heterocycles. The van der Waals surface area contributed by atoms with Crippen LogP contribution in [0, 0.1) is 10.1 Å². The molecule has 0 aliphatic heterocycles. The lowest BCUT2D eigenvalue weighted by atomic mass is 9.91. The van der Waals surface area contributed by atoms with E-state index in [2.05, 4.69) is 9.71 Å². The zero-order valence-corrected chi connectivity index (χ0v) is 18.0. The molecular weight excluding hydrogens is 430 g/mol. The molecule has 4 rings (SSSR count). The molecule has 1 aromatic heterocycles. The Kier molecular flexibility index (Phi) is 5.93. The summed E-state index contributed by atoms with van der Waals surface area (Å²) in [6.45, 7) is 0.0164. The molecular formula is C23H21N3O5S. The Bertz CT molecular complexity index is 1360. The summed E-state index contributed by atoms with van der Waals surface area (Å²) >= 11 is 0. The van der Waals surface area contributed by atoms with Crippen LogP contribution in [-0.4, -0.2) is 32.0 Å². The average molecular weight is 452 g/mol. The molecule has 0 saturated heterocycles. The number of nitrogens with zero attached hydrogens (tertiary/aromatic N) is 1. The minimum atomic E-state index is -4.12. The van der Waals surface area contributed by atoms with E-state index in [-0.39, 0.29) is 17.4 Å². The monoisotopic (exact) mass is 451 g/mol. The van der Waals surface area contributed by atoms with Crippen molar-refractivity contribution in [3.05, 3.63) is 100 Å². The van der Waals surface area contributed by atoms with Gasteiger partial charge in [-0.1, -0.05) is 42.5 Å². The summed E-state index contributed by atoms with van der Waals surface area (Å²) in [5.41, 5.74) is 2.26. The second kappa shape index (κ2) is 8.81. The standard InChI is InChI=1S/C23H21N3O5S/c1-31-17-12-10-16(11-13-17)19(20-14-24-21-7-3-2-6-18(20)21)15-25-32(29,30)23-9-5-4-8-22(23)26(27)28/h2-14,19,24-25H,15H2,1H3. The maximum absolute atomic E-state index is 13.0. The van der Waals surface area contributed by atoms with E-state index in [1.807, 2.05) is 54.7 Å². The SMILES string of the molecule is COc1ccc(C(CNS(=O)(=O)c2ccccc2[N+](=O)[O-])c2c[nH]c3ccccc23)cc1. The summed E-state index contributed by atoms with van der Waals surface area (Å²) in [5.74, 6) is 0.349. The van der Waals surface area contributed by atoms with Crippen LogP contribution in [0.5, 0.6) is 5.75 Å². The summed E-state index contributed by atoms with van der Waals surface area (Å²) in [4.78, 5) is 13.5. The number of nitro benzene ring substituents is 1. The molecule has 0 saturated carbocycles. The predicted octanol–water partition coefficient (Wildman–Crippen LogP) is 4.20. The number of nitrogens with one attached hydrogen (secondary N) is 2. The summed E-state index contributed by atoms with van der Waals surface area (Å²) in [6, 6.07) is 20.4. The van der Waals surface area contributed by atoms with E-state index in [4.69, 9.17) is 4.74 Å². The Morgan fingerprint density at radius 2 is 1.72 bits per heavy atom. The van der Waals surface area contributed by atoms with Crippen molar-refractivity contribution in [2.75, 3.05) is 13.7 Å². The first-order valence-electron chi connectivity index (χ1n) is 9.84. The molecule has 0 spiro atoms. The number of sulfonamides is 1. The molecule has 1 unspecified atom stereocenters. The molecule has 0 amide bonds. The number of fused-ring (bicyclic) bond motifs is 1. The molecule has 0 aliphatic carbocycles. The van der Waals surface area contributed by atoms with E-state index in [1.54, 1.807) is 7.11 Å². The molecule has 0 fully saturated rings. The smallest absolute Gasteiger partial charge is 0.289 e. The van der Waals surface area contributed by atoms with Crippen molar-refractivity contribution in [1.82, 2.24) is 9.71 Å². The van der Waals surface area contributed by atoms with Gasteiger partial charge in [0.25, 0.3) is 5.69 Å². The molecule has 32 heavy (non-hydrogen) atoms. The van der Waals surface area contributed by atoms with E-state index in [0.717, 1.165) is 22.0 Å². The van der Waals surface area contributed by atoms with E-state index in [0.29, 0.717) is 5.75 Å². The van der Waals surface area contributed by atoms with Gasteiger partial charge in [0.2, 0.25) is 10.0 Å². The lowest BCUT2D eigenvalue weighted by Crippen LogP contribution is -2.29. The highest BCUT2D eigenvalue weighted by atomic mass is 32.2. The lowest BCUT2D eigenvalue weighted by molar-refractivity contribution is -0.387. The van der Waals surface area contributed by atoms with Crippen LogP contribution in [-0.2, 0) is 10.0 Å². The van der Waals surface area contributed by atoms with Crippen molar-refractivity contribution in [3.8, 4) is 5.75 Å². The van der Waals surface area contributed by atoms with Gasteiger partial charge >= 0.3 is 0 Å². The first-order chi connectivity index (χ1) is 15.4. The molecule has 164 valence electrons. The molecule has 2 N–H and O–H groups in total. The van der Waals surface area contributed by atoms with Gasteiger partial charge in [-0.3, -0.25) is 10.1 Å². The normalized spacial score (nSPS) is 12.5. The van der Waals surface area contributed by atoms with E-state index < -0.39 is 20.6 Å². The second-order valence-corrected chi connectivity index (χ2v) is 8.93. The third-order valence-electron chi connectivity index (χ3n) is 5.34. The maximum Gasteiger partial charge on any atom is 0.289 e. The summed E-state index contributed by atoms with van der Waals surface area (Å²) in [7, 11) is -2.55. The van der Waals surface area contributed by atoms with Crippen LogP contribution in [0.15, 0.2) is 83.9 Å². The van der Waals surface area contributed by atoms with Gasteiger partial charge in [0.1, 0.15) is 5.75 Å². The Labute approximate surface area is 185 Å². The number of nitro groups is 1. The average Bonchev–Trinajstić information content (AvgIpc) is 3.23. The van der Waals surface area contributed by atoms with Crippen LogP contribution in [0.3, 0.4) is 0 Å². The number of para-hydroxylation sites is 2. The van der Waals surface area contributed by atoms with Gasteiger partial charge in [-0.15, -0.1) is 0 Å². The van der Waals surface area contributed by atoms with Gasteiger partial charge < -0.3 is 9.72 Å². The van der Waals surface area contributed by atoms with Crippen LogP contribution < -0.4 is 9.46 Å². The van der Waals surface area contributed by atoms with Gasteiger partial charge in [0.15, 0.2) is 4.90 Å².